The van der Waals surface area contributed by atoms with Gasteiger partial charge in [-0.15, -0.1) is 0 Å². The molecule has 0 saturated heterocycles. The molecule has 11 heteroatoms. The Labute approximate surface area is 176 Å². The van der Waals surface area contributed by atoms with E-state index in [1.54, 1.807) is 37.4 Å². The molecule has 0 aliphatic carbocycles. The van der Waals surface area contributed by atoms with Gasteiger partial charge in [0, 0.05) is 30.2 Å². The number of amides is 1. The van der Waals surface area contributed by atoms with Gasteiger partial charge >= 0.3 is 6.09 Å². The second kappa shape index (κ2) is 10.1. The molecule has 0 unspecified atom stereocenters. The summed E-state index contributed by atoms with van der Waals surface area (Å²) >= 11 is 0. The zero-order valence-electron chi connectivity index (χ0n) is 16.4. The number of nitrogens with one attached hydrogen (secondary N) is 3. The highest BCUT2D eigenvalue weighted by Crippen LogP contribution is 2.30. The molecule has 0 atom stereocenters. The highest BCUT2D eigenvalue weighted by molar-refractivity contribution is 5.84. The summed E-state index contributed by atoms with van der Waals surface area (Å²) in [6.45, 7) is 0.671. The van der Waals surface area contributed by atoms with Crippen LogP contribution < -0.4 is 20.7 Å². The van der Waals surface area contributed by atoms with Crippen molar-refractivity contribution in [2.24, 2.45) is 0 Å². The molecule has 0 aliphatic heterocycles. The van der Waals surface area contributed by atoms with Crippen LogP contribution in [0.5, 0.6) is 11.5 Å². The van der Waals surface area contributed by atoms with E-state index in [9.17, 15) is 14.3 Å². The van der Waals surface area contributed by atoms with Gasteiger partial charge in [0.05, 0.1) is 12.8 Å². The Morgan fingerprint density at radius 1 is 1.10 bits per heavy atom. The molecule has 0 bridgehead atoms. The molecule has 1 aromatic heterocycles. The van der Waals surface area contributed by atoms with Crippen LogP contribution in [0, 0.1) is 5.82 Å². The molecular formula is C20H20FN5O5. The standard InChI is InChI=1S/C20H20FN5O5/c1-30-7-8-31-17-6-5-14(10-16(17)27)24-19-22-11-15(21)18(26-19)23-12-3-2-4-13(9-12)25-20(28)29/h2-6,9-11,25,27H,7-8H2,1H3,(H,28,29)(H2,22,23,24,26). The molecule has 0 aliphatic rings. The van der Waals surface area contributed by atoms with E-state index in [0.717, 1.165) is 6.20 Å². The lowest BCUT2D eigenvalue weighted by molar-refractivity contribution is 0.144. The summed E-state index contributed by atoms with van der Waals surface area (Å²) < 4.78 is 24.5. The number of carbonyl (C=O) groups is 1. The van der Waals surface area contributed by atoms with Crippen molar-refractivity contribution in [3.05, 3.63) is 54.5 Å². The average Bonchev–Trinajstić information content (AvgIpc) is 2.72. The molecule has 1 amide bonds. The van der Waals surface area contributed by atoms with E-state index in [2.05, 4.69) is 25.9 Å². The predicted octanol–water partition coefficient (Wildman–Crippen LogP) is 3.92. The first kappa shape index (κ1) is 21.6. The van der Waals surface area contributed by atoms with Crippen LogP contribution in [0.1, 0.15) is 0 Å². The first-order chi connectivity index (χ1) is 14.9. The van der Waals surface area contributed by atoms with Crippen LogP contribution in [0.15, 0.2) is 48.7 Å². The minimum absolute atomic E-state index is 0.0798. The summed E-state index contributed by atoms with van der Waals surface area (Å²) in [4.78, 5) is 18.8. The molecule has 2 aromatic carbocycles. The van der Waals surface area contributed by atoms with Gasteiger partial charge in [0.25, 0.3) is 0 Å². The largest absolute Gasteiger partial charge is 0.504 e. The maximum Gasteiger partial charge on any atom is 0.409 e. The lowest BCUT2D eigenvalue weighted by Gasteiger charge is -2.12. The van der Waals surface area contributed by atoms with Crippen LogP contribution in [0.3, 0.4) is 0 Å². The van der Waals surface area contributed by atoms with Crippen molar-refractivity contribution >= 4 is 34.9 Å². The molecule has 1 heterocycles. The quantitative estimate of drug-likeness (QED) is 0.320. The molecule has 0 fully saturated rings. The van der Waals surface area contributed by atoms with E-state index in [0.29, 0.717) is 29.4 Å². The molecule has 3 rings (SSSR count). The Balaban J connectivity index is 1.72. The number of aromatic nitrogens is 2. The van der Waals surface area contributed by atoms with Crippen LogP contribution in [0.25, 0.3) is 0 Å². The number of methoxy groups -OCH3 is 1. The Morgan fingerprint density at radius 3 is 2.61 bits per heavy atom. The molecule has 3 aromatic rings. The summed E-state index contributed by atoms with van der Waals surface area (Å²) in [6, 6.07) is 10.9. The summed E-state index contributed by atoms with van der Waals surface area (Å²) in [5.41, 5.74) is 1.19. The second-order valence-corrected chi connectivity index (χ2v) is 6.17. The summed E-state index contributed by atoms with van der Waals surface area (Å²) in [6.07, 6.45) is -0.228. The zero-order valence-corrected chi connectivity index (χ0v) is 16.4. The van der Waals surface area contributed by atoms with Gasteiger partial charge in [-0.1, -0.05) is 6.07 Å². The number of carboxylic acid groups (broad SMARTS) is 1. The third-order valence-electron chi connectivity index (χ3n) is 3.88. The number of hydrogen-bond donors (Lipinski definition) is 5. The van der Waals surface area contributed by atoms with E-state index in [-0.39, 0.29) is 24.1 Å². The third-order valence-corrected chi connectivity index (χ3v) is 3.88. The molecule has 0 radical (unpaired) electrons. The van der Waals surface area contributed by atoms with Crippen LogP contribution in [-0.2, 0) is 4.74 Å². The average molecular weight is 429 g/mol. The number of nitrogens with zero attached hydrogens (tertiary/aromatic N) is 2. The lowest BCUT2D eigenvalue weighted by atomic mass is 10.2. The maximum atomic E-state index is 14.2. The molecule has 0 saturated carbocycles. The summed E-state index contributed by atoms with van der Waals surface area (Å²) in [5.74, 6) is -0.541. The summed E-state index contributed by atoms with van der Waals surface area (Å²) in [7, 11) is 1.55. The SMILES string of the molecule is COCCOc1ccc(Nc2ncc(F)c(Nc3cccc(NC(=O)O)c3)n2)cc1O. The van der Waals surface area contributed by atoms with Crippen molar-refractivity contribution in [1.29, 1.82) is 0 Å². The van der Waals surface area contributed by atoms with Gasteiger partial charge in [0.1, 0.15) is 6.61 Å². The number of anilines is 5. The van der Waals surface area contributed by atoms with Gasteiger partial charge in [-0.2, -0.15) is 4.98 Å². The number of ether oxygens (including phenoxy) is 2. The fourth-order valence-electron chi connectivity index (χ4n) is 2.53. The van der Waals surface area contributed by atoms with E-state index < -0.39 is 11.9 Å². The van der Waals surface area contributed by atoms with E-state index >= 15 is 0 Å². The van der Waals surface area contributed by atoms with E-state index in [1.165, 1.54) is 12.1 Å². The van der Waals surface area contributed by atoms with Gasteiger partial charge in [-0.25, -0.2) is 14.2 Å². The number of rotatable bonds is 9. The van der Waals surface area contributed by atoms with Crippen molar-refractivity contribution in [1.82, 2.24) is 9.97 Å². The van der Waals surface area contributed by atoms with Crippen LogP contribution in [-0.4, -0.2) is 46.6 Å². The van der Waals surface area contributed by atoms with Crippen molar-refractivity contribution < 1.29 is 28.9 Å². The molecular weight excluding hydrogens is 409 g/mol. The van der Waals surface area contributed by atoms with Crippen molar-refractivity contribution in [2.45, 2.75) is 0 Å². The minimum Gasteiger partial charge on any atom is -0.504 e. The first-order valence-electron chi connectivity index (χ1n) is 9.06. The van der Waals surface area contributed by atoms with Crippen molar-refractivity contribution in [2.75, 3.05) is 36.3 Å². The normalized spacial score (nSPS) is 10.4. The van der Waals surface area contributed by atoms with E-state index in [4.69, 9.17) is 14.6 Å². The van der Waals surface area contributed by atoms with Crippen LogP contribution >= 0.6 is 0 Å². The predicted molar refractivity (Wildman–Crippen MR) is 112 cm³/mol. The summed E-state index contributed by atoms with van der Waals surface area (Å²) in [5, 5.41) is 26.8. The lowest BCUT2D eigenvalue weighted by Crippen LogP contribution is -2.07. The topological polar surface area (TPSA) is 138 Å². The smallest absolute Gasteiger partial charge is 0.409 e. The van der Waals surface area contributed by atoms with E-state index in [1.807, 2.05) is 0 Å². The molecule has 5 N–H and O–H groups in total. The number of phenols is 1. The number of hydrogen-bond acceptors (Lipinski definition) is 8. The highest BCUT2D eigenvalue weighted by Gasteiger charge is 2.10. The Kier molecular flexibility index (Phi) is 7.01. The monoisotopic (exact) mass is 429 g/mol. The second-order valence-electron chi connectivity index (χ2n) is 6.17. The van der Waals surface area contributed by atoms with Crippen LogP contribution in [0.2, 0.25) is 0 Å². The number of phenolic OH excluding ortho intramolecular Hbond substituents is 1. The Morgan fingerprint density at radius 2 is 1.87 bits per heavy atom. The van der Waals surface area contributed by atoms with Gasteiger partial charge in [0.2, 0.25) is 5.95 Å². The maximum absolute atomic E-state index is 14.2. The first-order valence-corrected chi connectivity index (χ1v) is 9.06. The fraction of sp³-hybridized carbons (Fsp3) is 0.150. The Hall–Kier alpha value is -4.12. The molecule has 0 spiro atoms. The molecule has 31 heavy (non-hydrogen) atoms. The van der Waals surface area contributed by atoms with Gasteiger partial charge in [0.15, 0.2) is 23.1 Å². The van der Waals surface area contributed by atoms with Gasteiger partial charge in [-0.3, -0.25) is 5.32 Å². The van der Waals surface area contributed by atoms with Crippen molar-refractivity contribution in [3.63, 3.8) is 0 Å². The van der Waals surface area contributed by atoms with Crippen LogP contribution in [0.4, 0.5) is 38.0 Å². The fourth-order valence-corrected chi connectivity index (χ4v) is 2.53. The third kappa shape index (κ3) is 6.18. The molecule has 162 valence electrons. The number of halogens is 1. The van der Waals surface area contributed by atoms with Crippen molar-refractivity contribution in [3.8, 4) is 11.5 Å². The zero-order chi connectivity index (χ0) is 22.2. The highest BCUT2D eigenvalue weighted by atomic mass is 19.1. The van der Waals surface area contributed by atoms with Gasteiger partial charge in [-0.05, 0) is 30.3 Å². The molecule has 10 nitrogen and oxygen atoms in total. The minimum atomic E-state index is -1.21. The number of aromatic hydroxyl groups is 1. The Bertz CT molecular complexity index is 1070. The van der Waals surface area contributed by atoms with Gasteiger partial charge < -0.3 is 30.3 Å². The number of benzene rings is 2.